The van der Waals surface area contributed by atoms with E-state index in [0.29, 0.717) is 24.8 Å². The van der Waals surface area contributed by atoms with Crippen LogP contribution in [0.15, 0.2) is 23.1 Å². The fourth-order valence-corrected chi connectivity index (χ4v) is 4.19. The number of hydrogen-bond acceptors (Lipinski definition) is 5. The molecule has 1 fully saturated rings. The van der Waals surface area contributed by atoms with Crippen LogP contribution >= 0.6 is 0 Å². The molecule has 0 saturated carbocycles. The van der Waals surface area contributed by atoms with Gasteiger partial charge < -0.3 is 10.6 Å². The van der Waals surface area contributed by atoms with Gasteiger partial charge in [0.15, 0.2) is 0 Å². The number of hydrogen-bond donors (Lipinski definition) is 1. The molecule has 0 aromatic heterocycles. The number of nitriles is 1. The van der Waals surface area contributed by atoms with Crippen LogP contribution in [0.25, 0.3) is 0 Å². The predicted molar refractivity (Wildman–Crippen MR) is 81.0 cm³/mol. The Hall–Kier alpha value is -1.62. The fraction of sp³-hybridized carbons (Fsp3) is 0.500. The van der Waals surface area contributed by atoms with Crippen LogP contribution in [0.2, 0.25) is 0 Å². The van der Waals surface area contributed by atoms with Gasteiger partial charge >= 0.3 is 0 Å². The molecule has 1 aliphatic rings. The molecule has 1 aromatic rings. The Morgan fingerprint density at radius 2 is 1.95 bits per heavy atom. The van der Waals surface area contributed by atoms with Crippen LogP contribution in [0, 0.1) is 11.3 Å². The van der Waals surface area contributed by atoms with Crippen molar-refractivity contribution in [2.24, 2.45) is 0 Å². The summed E-state index contributed by atoms with van der Waals surface area (Å²) in [5.74, 6) is 0. The zero-order valence-electron chi connectivity index (χ0n) is 12.3. The minimum absolute atomic E-state index is 0.0440. The number of benzene rings is 1. The summed E-state index contributed by atoms with van der Waals surface area (Å²) in [4.78, 5) is 2.16. The Labute approximate surface area is 125 Å². The van der Waals surface area contributed by atoms with Crippen molar-refractivity contribution in [1.29, 1.82) is 5.26 Å². The summed E-state index contributed by atoms with van der Waals surface area (Å²) >= 11 is 0. The molecule has 0 atom stereocenters. The molecule has 1 aliphatic heterocycles. The molecule has 1 heterocycles. The van der Waals surface area contributed by atoms with Gasteiger partial charge in [-0.05, 0) is 45.1 Å². The largest absolute Gasteiger partial charge is 0.399 e. The van der Waals surface area contributed by atoms with Crippen molar-refractivity contribution in [2.75, 3.05) is 32.9 Å². The zero-order chi connectivity index (χ0) is 15.6. The Kier molecular flexibility index (Phi) is 4.52. The summed E-state index contributed by atoms with van der Waals surface area (Å²) in [5.41, 5.74) is 6.10. The van der Waals surface area contributed by atoms with E-state index in [0.717, 1.165) is 12.8 Å². The number of nitrogen functional groups attached to an aromatic ring is 1. The molecule has 0 amide bonds. The van der Waals surface area contributed by atoms with Gasteiger partial charge in [-0.2, -0.15) is 9.57 Å². The van der Waals surface area contributed by atoms with Crippen LogP contribution in [-0.4, -0.2) is 50.8 Å². The van der Waals surface area contributed by atoms with Gasteiger partial charge in [0.25, 0.3) is 0 Å². The van der Waals surface area contributed by atoms with Gasteiger partial charge in [-0.15, -0.1) is 0 Å². The van der Waals surface area contributed by atoms with E-state index >= 15 is 0 Å². The van der Waals surface area contributed by atoms with E-state index in [9.17, 15) is 8.42 Å². The van der Waals surface area contributed by atoms with Crippen molar-refractivity contribution in [1.82, 2.24) is 9.21 Å². The number of sulfonamides is 1. The monoisotopic (exact) mass is 308 g/mol. The van der Waals surface area contributed by atoms with Crippen LogP contribution in [0.5, 0.6) is 0 Å². The van der Waals surface area contributed by atoms with Crippen molar-refractivity contribution in [3.05, 3.63) is 23.8 Å². The maximum Gasteiger partial charge on any atom is 0.244 e. The van der Waals surface area contributed by atoms with E-state index in [2.05, 4.69) is 4.90 Å². The first-order valence-corrected chi connectivity index (χ1v) is 8.26. The average molecular weight is 308 g/mol. The van der Waals surface area contributed by atoms with Crippen LogP contribution in [0.4, 0.5) is 5.69 Å². The molecule has 0 spiro atoms. The lowest BCUT2D eigenvalue weighted by atomic mass is 10.1. The van der Waals surface area contributed by atoms with Crippen molar-refractivity contribution < 1.29 is 8.42 Å². The van der Waals surface area contributed by atoms with E-state index in [-0.39, 0.29) is 10.5 Å². The Morgan fingerprint density at radius 1 is 1.33 bits per heavy atom. The highest BCUT2D eigenvalue weighted by atomic mass is 32.2. The molecule has 0 unspecified atom stereocenters. The van der Waals surface area contributed by atoms with Crippen LogP contribution in [0.3, 0.4) is 0 Å². The molecule has 21 heavy (non-hydrogen) atoms. The molecule has 0 bridgehead atoms. The van der Waals surface area contributed by atoms with Crippen LogP contribution < -0.4 is 5.73 Å². The third-order valence-corrected chi connectivity index (χ3v) is 5.85. The first-order valence-electron chi connectivity index (χ1n) is 6.82. The first-order chi connectivity index (χ1) is 9.86. The van der Waals surface area contributed by atoms with Gasteiger partial charge in [-0.3, -0.25) is 0 Å². The lowest BCUT2D eigenvalue weighted by molar-refractivity contribution is 0.196. The zero-order valence-corrected chi connectivity index (χ0v) is 13.1. The number of nitrogens with two attached hydrogens (primary N) is 1. The highest BCUT2D eigenvalue weighted by Crippen LogP contribution is 2.25. The standard InChI is InChI=1S/C14H20N4O2S/c1-17(2)13-5-7-18(8-6-13)21(19,20)14-4-3-12(16)9-11(14)10-15/h3-4,9,13H,5-8,16H2,1-2H3. The second-order valence-corrected chi connectivity index (χ2v) is 7.37. The summed E-state index contributed by atoms with van der Waals surface area (Å²) in [6, 6.07) is 6.65. The molecule has 1 aromatic carbocycles. The van der Waals surface area contributed by atoms with Gasteiger partial charge in [0.05, 0.1) is 5.56 Å². The lowest BCUT2D eigenvalue weighted by Crippen LogP contribution is -2.44. The predicted octanol–water partition coefficient (Wildman–Crippen LogP) is 0.855. The summed E-state index contributed by atoms with van der Waals surface area (Å²) in [6.45, 7) is 0.945. The first kappa shape index (κ1) is 15.8. The summed E-state index contributed by atoms with van der Waals surface area (Å²) in [5, 5.41) is 9.12. The van der Waals surface area contributed by atoms with Crippen molar-refractivity contribution >= 4 is 15.7 Å². The molecule has 0 radical (unpaired) electrons. The van der Waals surface area contributed by atoms with E-state index in [1.807, 2.05) is 20.2 Å². The second-order valence-electron chi connectivity index (χ2n) is 5.47. The topological polar surface area (TPSA) is 90.4 Å². The van der Waals surface area contributed by atoms with E-state index in [1.165, 1.54) is 22.5 Å². The van der Waals surface area contributed by atoms with Crippen molar-refractivity contribution in [2.45, 2.75) is 23.8 Å². The van der Waals surface area contributed by atoms with Crippen LogP contribution in [-0.2, 0) is 10.0 Å². The number of nitrogens with zero attached hydrogens (tertiary/aromatic N) is 3. The molecule has 2 rings (SSSR count). The second kappa shape index (κ2) is 6.02. The fourth-order valence-electron chi connectivity index (χ4n) is 2.60. The van der Waals surface area contributed by atoms with Crippen molar-refractivity contribution in [3.63, 3.8) is 0 Å². The third kappa shape index (κ3) is 3.18. The molecule has 2 N–H and O–H groups in total. The maximum absolute atomic E-state index is 12.7. The summed E-state index contributed by atoms with van der Waals surface area (Å²) in [7, 11) is 0.371. The summed E-state index contributed by atoms with van der Waals surface area (Å²) < 4.78 is 26.8. The third-order valence-electron chi connectivity index (χ3n) is 3.90. The Morgan fingerprint density at radius 3 is 2.48 bits per heavy atom. The minimum atomic E-state index is -3.63. The maximum atomic E-state index is 12.7. The van der Waals surface area contributed by atoms with E-state index in [1.54, 1.807) is 0 Å². The Bertz CT molecular complexity index is 656. The summed E-state index contributed by atoms with van der Waals surface area (Å²) in [6.07, 6.45) is 1.59. The van der Waals surface area contributed by atoms with Gasteiger partial charge in [0.1, 0.15) is 11.0 Å². The van der Waals surface area contributed by atoms with Crippen LogP contribution in [0.1, 0.15) is 18.4 Å². The van der Waals surface area contributed by atoms with Gasteiger partial charge in [-0.25, -0.2) is 8.42 Å². The molecule has 0 aliphatic carbocycles. The van der Waals surface area contributed by atoms with E-state index < -0.39 is 10.0 Å². The molecule has 6 nitrogen and oxygen atoms in total. The minimum Gasteiger partial charge on any atom is -0.399 e. The molecule has 7 heteroatoms. The van der Waals surface area contributed by atoms with E-state index in [4.69, 9.17) is 11.0 Å². The van der Waals surface area contributed by atoms with Gasteiger partial charge in [0, 0.05) is 24.8 Å². The van der Waals surface area contributed by atoms with Crippen molar-refractivity contribution in [3.8, 4) is 6.07 Å². The number of piperidine rings is 1. The quantitative estimate of drug-likeness (QED) is 0.836. The normalized spacial score (nSPS) is 17.8. The number of anilines is 1. The average Bonchev–Trinajstić information content (AvgIpc) is 2.46. The Balaban J connectivity index is 2.26. The SMILES string of the molecule is CN(C)C1CCN(S(=O)(=O)c2ccc(N)cc2C#N)CC1. The molecule has 1 saturated heterocycles. The van der Waals surface area contributed by atoms with Gasteiger partial charge in [-0.1, -0.05) is 0 Å². The lowest BCUT2D eigenvalue weighted by Gasteiger charge is -2.34. The number of rotatable bonds is 3. The highest BCUT2D eigenvalue weighted by molar-refractivity contribution is 7.89. The molecular formula is C14H20N4O2S. The van der Waals surface area contributed by atoms with Gasteiger partial charge in [0.2, 0.25) is 10.0 Å². The molecular weight excluding hydrogens is 288 g/mol. The highest BCUT2D eigenvalue weighted by Gasteiger charge is 2.31. The smallest absolute Gasteiger partial charge is 0.244 e. The molecule has 114 valence electrons.